The Labute approximate surface area is 229 Å². The Morgan fingerprint density at radius 1 is 1.05 bits per heavy atom. The van der Waals surface area contributed by atoms with Gasteiger partial charge in [0, 0.05) is 22.2 Å². The maximum atomic E-state index is 13.6. The Hall–Kier alpha value is -3.59. The fourth-order valence-corrected chi connectivity index (χ4v) is 6.09. The maximum Gasteiger partial charge on any atom is 0.251 e. The number of ether oxygens (including phenoxy) is 2. The van der Waals surface area contributed by atoms with Gasteiger partial charge < -0.3 is 25.2 Å². The van der Waals surface area contributed by atoms with E-state index in [2.05, 4.69) is 10.6 Å². The van der Waals surface area contributed by atoms with Crippen LogP contribution in [0.15, 0.2) is 42.5 Å². The molecule has 0 unspecified atom stereocenters. The molecule has 1 fully saturated rings. The van der Waals surface area contributed by atoms with E-state index in [9.17, 15) is 14.7 Å². The fourth-order valence-electron chi connectivity index (χ4n) is 6.09. The van der Waals surface area contributed by atoms with Crippen molar-refractivity contribution in [3.05, 3.63) is 59.2 Å². The first kappa shape index (κ1) is 27.0. The highest BCUT2D eigenvalue weighted by Gasteiger charge is 2.51. The molecule has 3 aliphatic rings. The minimum absolute atomic E-state index is 0.0449. The molecule has 208 valence electrons. The van der Waals surface area contributed by atoms with Crippen molar-refractivity contribution in [1.29, 1.82) is 5.41 Å². The van der Waals surface area contributed by atoms with Crippen LogP contribution in [-0.4, -0.2) is 50.6 Å². The Kier molecular flexibility index (Phi) is 6.41. The van der Waals surface area contributed by atoms with Gasteiger partial charge in [-0.15, -0.1) is 0 Å². The van der Waals surface area contributed by atoms with Crippen LogP contribution in [0.25, 0.3) is 0 Å². The number of fused-ring (bicyclic) bond motifs is 2. The van der Waals surface area contributed by atoms with Gasteiger partial charge in [0.15, 0.2) is 5.96 Å². The summed E-state index contributed by atoms with van der Waals surface area (Å²) in [5.74, 6) is 0.723. The van der Waals surface area contributed by atoms with Gasteiger partial charge in [0.05, 0.1) is 12.5 Å². The zero-order valence-corrected chi connectivity index (χ0v) is 23.4. The summed E-state index contributed by atoms with van der Waals surface area (Å²) in [7, 11) is 0. The summed E-state index contributed by atoms with van der Waals surface area (Å²) >= 11 is 0. The third-order valence-electron chi connectivity index (χ3n) is 8.53. The summed E-state index contributed by atoms with van der Waals surface area (Å²) in [5.41, 5.74) is -0.417. The van der Waals surface area contributed by atoms with Crippen LogP contribution >= 0.6 is 0 Å². The number of aliphatic hydroxyl groups is 1. The SMILES string of the molecule is CCC1(CC)CC(=O)N([C@H]2c3cc(C(=O)N[C@@H]4c5ccccc5OC(C)(C)[C@H]4O)ccc3OC2(C)C)C(=N)N1. The Morgan fingerprint density at radius 2 is 1.69 bits per heavy atom. The van der Waals surface area contributed by atoms with Gasteiger partial charge in [-0.05, 0) is 64.8 Å². The number of amides is 2. The summed E-state index contributed by atoms with van der Waals surface area (Å²) < 4.78 is 12.2. The number of hydrogen-bond donors (Lipinski definition) is 4. The van der Waals surface area contributed by atoms with Crippen molar-refractivity contribution in [2.45, 2.75) is 95.7 Å². The largest absolute Gasteiger partial charge is 0.485 e. The summed E-state index contributed by atoms with van der Waals surface area (Å²) in [5, 5.41) is 26.1. The zero-order chi connectivity index (χ0) is 28.3. The molecule has 0 bridgehead atoms. The predicted molar refractivity (Wildman–Crippen MR) is 147 cm³/mol. The van der Waals surface area contributed by atoms with Crippen LogP contribution in [0.2, 0.25) is 0 Å². The van der Waals surface area contributed by atoms with E-state index < -0.39 is 34.9 Å². The molecule has 2 amide bonds. The molecule has 0 aliphatic carbocycles. The zero-order valence-electron chi connectivity index (χ0n) is 23.4. The second kappa shape index (κ2) is 9.26. The molecule has 3 aliphatic heterocycles. The van der Waals surface area contributed by atoms with E-state index in [0.717, 1.165) is 12.8 Å². The molecule has 9 heteroatoms. The number of carbonyl (C=O) groups is 2. The molecule has 5 rings (SSSR count). The van der Waals surface area contributed by atoms with Crippen molar-refractivity contribution < 1.29 is 24.2 Å². The standard InChI is InChI=1S/C30H38N4O5/c1-7-30(8-2)16-22(35)34(27(31)33-30)24-19-15-17(13-14-21(19)38-28(24,3)4)26(37)32-23-18-11-9-10-12-20(18)39-29(5,6)25(23)36/h9-15,23-25,36H,7-8,16H2,1-6H3,(H2,31,33)(H,32,37)/t23-,24+,25+/m1/s1. The molecule has 3 heterocycles. The first-order valence-electron chi connectivity index (χ1n) is 13.6. The number of guanidine groups is 1. The molecular weight excluding hydrogens is 496 g/mol. The molecule has 1 saturated heterocycles. The van der Waals surface area contributed by atoms with Gasteiger partial charge in [-0.1, -0.05) is 32.0 Å². The molecular formula is C30H38N4O5. The highest BCUT2D eigenvalue weighted by atomic mass is 16.5. The summed E-state index contributed by atoms with van der Waals surface area (Å²) in [6.45, 7) is 11.4. The lowest BCUT2D eigenvalue weighted by Gasteiger charge is -2.46. The fraction of sp³-hybridized carbons (Fsp3) is 0.500. The van der Waals surface area contributed by atoms with Crippen molar-refractivity contribution in [2.75, 3.05) is 0 Å². The van der Waals surface area contributed by atoms with Gasteiger partial charge in [0.25, 0.3) is 5.91 Å². The van der Waals surface area contributed by atoms with Crippen LogP contribution in [-0.2, 0) is 4.79 Å². The molecule has 2 aromatic carbocycles. The van der Waals surface area contributed by atoms with Gasteiger partial charge in [-0.25, -0.2) is 0 Å². The normalized spacial score (nSPS) is 26.0. The van der Waals surface area contributed by atoms with E-state index in [0.29, 0.717) is 28.2 Å². The van der Waals surface area contributed by atoms with Crippen LogP contribution < -0.4 is 20.1 Å². The Bertz CT molecular complexity index is 1310. The number of aliphatic hydroxyl groups excluding tert-OH is 1. The second-order valence-corrected chi connectivity index (χ2v) is 11.9. The first-order chi connectivity index (χ1) is 18.3. The highest BCUT2D eigenvalue weighted by Crippen LogP contribution is 2.48. The molecule has 2 aromatic rings. The molecule has 0 spiro atoms. The smallest absolute Gasteiger partial charge is 0.251 e. The summed E-state index contributed by atoms with van der Waals surface area (Å²) in [6, 6.07) is 11.2. The van der Waals surface area contributed by atoms with Crippen molar-refractivity contribution >= 4 is 17.8 Å². The lowest BCUT2D eigenvalue weighted by molar-refractivity contribution is -0.135. The molecule has 9 nitrogen and oxygen atoms in total. The molecule has 3 atom stereocenters. The van der Waals surface area contributed by atoms with Crippen molar-refractivity contribution in [3.63, 3.8) is 0 Å². The quantitative estimate of drug-likeness (QED) is 0.456. The van der Waals surface area contributed by atoms with E-state index in [1.165, 1.54) is 4.90 Å². The van der Waals surface area contributed by atoms with Crippen LogP contribution in [0.5, 0.6) is 11.5 Å². The minimum atomic E-state index is -0.976. The first-order valence-corrected chi connectivity index (χ1v) is 13.6. The van der Waals surface area contributed by atoms with Crippen LogP contribution in [0.1, 0.15) is 94.4 Å². The number of nitrogens with zero attached hydrogens (tertiary/aromatic N) is 1. The van der Waals surface area contributed by atoms with E-state index in [1.54, 1.807) is 32.0 Å². The van der Waals surface area contributed by atoms with Gasteiger partial charge in [-0.3, -0.25) is 19.9 Å². The van der Waals surface area contributed by atoms with Crippen LogP contribution in [0, 0.1) is 5.41 Å². The molecule has 4 N–H and O–H groups in total. The Balaban J connectivity index is 1.46. The van der Waals surface area contributed by atoms with E-state index >= 15 is 0 Å². The monoisotopic (exact) mass is 534 g/mol. The average Bonchev–Trinajstić information content (AvgIpc) is 3.15. The van der Waals surface area contributed by atoms with E-state index in [1.807, 2.05) is 52.0 Å². The number of benzene rings is 2. The van der Waals surface area contributed by atoms with Gasteiger partial charge in [0.1, 0.15) is 34.8 Å². The number of hydrogen-bond acceptors (Lipinski definition) is 6. The van der Waals surface area contributed by atoms with Gasteiger partial charge in [0.2, 0.25) is 5.91 Å². The predicted octanol–water partition coefficient (Wildman–Crippen LogP) is 4.22. The Morgan fingerprint density at radius 3 is 2.36 bits per heavy atom. The molecule has 0 saturated carbocycles. The topological polar surface area (TPSA) is 124 Å². The van der Waals surface area contributed by atoms with Crippen molar-refractivity contribution in [3.8, 4) is 11.5 Å². The minimum Gasteiger partial charge on any atom is -0.485 e. The van der Waals surface area contributed by atoms with Crippen molar-refractivity contribution in [2.24, 2.45) is 0 Å². The van der Waals surface area contributed by atoms with E-state index in [-0.39, 0.29) is 24.2 Å². The number of para-hydroxylation sites is 1. The summed E-state index contributed by atoms with van der Waals surface area (Å²) in [4.78, 5) is 28.5. The summed E-state index contributed by atoms with van der Waals surface area (Å²) in [6.07, 6.45) is 0.765. The number of carbonyl (C=O) groups excluding carboxylic acids is 2. The van der Waals surface area contributed by atoms with Crippen LogP contribution in [0.3, 0.4) is 0 Å². The van der Waals surface area contributed by atoms with Gasteiger partial charge >= 0.3 is 0 Å². The number of rotatable bonds is 5. The molecule has 0 radical (unpaired) electrons. The lowest BCUT2D eigenvalue weighted by atomic mass is 9.84. The van der Waals surface area contributed by atoms with Gasteiger partial charge in [-0.2, -0.15) is 0 Å². The average molecular weight is 535 g/mol. The maximum absolute atomic E-state index is 13.6. The van der Waals surface area contributed by atoms with Crippen LogP contribution in [0.4, 0.5) is 0 Å². The third kappa shape index (κ3) is 4.42. The lowest BCUT2D eigenvalue weighted by Crippen LogP contribution is -2.64. The second-order valence-electron chi connectivity index (χ2n) is 11.9. The molecule has 39 heavy (non-hydrogen) atoms. The number of nitrogens with one attached hydrogen (secondary N) is 3. The van der Waals surface area contributed by atoms with E-state index in [4.69, 9.17) is 14.9 Å². The third-order valence-corrected chi connectivity index (χ3v) is 8.53. The van der Waals surface area contributed by atoms with Crippen molar-refractivity contribution in [1.82, 2.24) is 15.5 Å². The highest BCUT2D eigenvalue weighted by molar-refractivity contribution is 6.00. The molecule has 0 aromatic heterocycles.